The topological polar surface area (TPSA) is 117 Å². The van der Waals surface area contributed by atoms with E-state index < -0.39 is 34.9 Å². The number of nitrogens with one attached hydrogen (secondary N) is 2. The Labute approximate surface area is 247 Å². The Hall–Kier alpha value is -3.08. The number of alkyl carbamates (subject to hydrolysis) is 1. The highest BCUT2D eigenvalue weighted by Gasteiger charge is 2.49. The molecule has 1 aliphatic heterocycles. The average Bonchev–Trinajstić information content (AvgIpc) is 3.24. The summed E-state index contributed by atoms with van der Waals surface area (Å²) in [6.07, 6.45) is -2.18. The van der Waals surface area contributed by atoms with Crippen molar-refractivity contribution >= 4 is 29.7 Å². The summed E-state index contributed by atoms with van der Waals surface area (Å²) in [7, 11) is 0. The molecule has 3 amide bonds. The monoisotopic (exact) mass is 585 g/mol. The Morgan fingerprint density at radius 1 is 1.07 bits per heavy atom. The number of hydrogen-bond acceptors (Lipinski definition) is 7. The third kappa shape index (κ3) is 9.48. The van der Waals surface area contributed by atoms with Crippen LogP contribution in [-0.4, -0.2) is 75.5 Å². The number of ether oxygens (including phenoxy) is 2. The number of rotatable bonds is 11. The fraction of sp³-hybridized carbons (Fsp3) is 0.516. The zero-order valence-corrected chi connectivity index (χ0v) is 25.6. The molecule has 0 radical (unpaired) electrons. The minimum atomic E-state index is -1.60. The molecule has 1 aliphatic rings. The van der Waals surface area contributed by atoms with E-state index in [9.17, 15) is 19.5 Å². The van der Waals surface area contributed by atoms with Crippen LogP contribution in [0.2, 0.25) is 0 Å². The third-order valence-corrected chi connectivity index (χ3v) is 8.25. The molecule has 2 aromatic carbocycles. The van der Waals surface area contributed by atoms with Crippen LogP contribution >= 0.6 is 11.8 Å². The van der Waals surface area contributed by atoms with Crippen molar-refractivity contribution in [2.24, 2.45) is 0 Å². The highest BCUT2D eigenvalue weighted by molar-refractivity contribution is 8.00. The van der Waals surface area contributed by atoms with Crippen molar-refractivity contribution in [2.75, 3.05) is 19.1 Å². The molecule has 0 bridgehead atoms. The molecule has 0 aliphatic carbocycles. The van der Waals surface area contributed by atoms with Gasteiger partial charge in [-0.25, -0.2) is 4.79 Å². The number of hydrogen-bond donors (Lipinski definition) is 3. The summed E-state index contributed by atoms with van der Waals surface area (Å²) in [5.74, 6) is -0.691. The van der Waals surface area contributed by atoms with Gasteiger partial charge in [-0.1, -0.05) is 54.6 Å². The predicted octanol–water partition coefficient (Wildman–Crippen LogP) is 3.80. The molecular weight excluding hydrogens is 542 g/mol. The van der Waals surface area contributed by atoms with E-state index in [-0.39, 0.29) is 37.0 Å². The first kappa shape index (κ1) is 32.4. The minimum absolute atomic E-state index is 0.0191. The van der Waals surface area contributed by atoms with E-state index >= 15 is 0 Å². The molecule has 2 aromatic rings. The molecule has 3 N–H and O–H groups in total. The quantitative estimate of drug-likeness (QED) is 0.344. The number of carbonyl (C=O) groups is 3. The van der Waals surface area contributed by atoms with E-state index in [2.05, 4.69) is 10.6 Å². The van der Waals surface area contributed by atoms with Crippen LogP contribution in [0.25, 0.3) is 0 Å². The molecule has 0 aromatic heterocycles. The fourth-order valence-electron chi connectivity index (χ4n) is 4.63. The molecule has 1 heterocycles. The second kappa shape index (κ2) is 14.2. The van der Waals surface area contributed by atoms with E-state index in [1.807, 2.05) is 96.1 Å². The van der Waals surface area contributed by atoms with Gasteiger partial charge in [0.2, 0.25) is 5.91 Å². The fourth-order valence-corrected chi connectivity index (χ4v) is 5.77. The van der Waals surface area contributed by atoms with Gasteiger partial charge in [0.25, 0.3) is 5.91 Å². The highest BCUT2D eigenvalue weighted by Crippen LogP contribution is 2.40. The molecule has 3 unspecified atom stereocenters. The van der Waals surface area contributed by atoms with Gasteiger partial charge in [-0.2, -0.15) is 0 Å². The van der Waals surface area contributed by atoms with Gasteiger partial charge in [0.05, 0.1) is 24.1 Å². The van der Waals surface area contributed by atoms with Gasteiger partial charge in [-0.15, -0.1) is 11.8 Å². The lowest BCUT2D eigenvalue weighted by Crippen LogP contribution is -2.58. The number of aryl methyl sites for hydroxylation is 1. The third-order valence-electron chi connectivity index (χ3n) is 6.88. The second-order valence-corrected chi connectivity index (χ2v) is 13.3. The molecule has 0 saturated carbocycles. The predicted molar refractivity (Wildman–Crippen MR) is 160 cm³/mol. The van der Waals surface area contributed by atoms with E-state index in [1.165, 1.54) is 16.7 Å². The lowest BCUT2D eigenvalue weighted by molar-refractivity contribution is -0.147. The Balaban J connectivity index is 1.72. The zero-order chi connectivity index (χ0) is 30.2. The number of aliphatic hydroxyl groups excluding tert-OH is 1. The van der Waals surface area contributed by atoms with Crippen molar-refractivity contribution in [3.8, 4) is 0 Å². The molecule has 3 rings (SSSR count). The van der Waals surface area contributed by atoms with Crippen LogP contribution in [0, 0.1) is 6.92 Å². The Morgan fingerprint density at radius 2 is 1.73 bits per heavy atom. The van der Waals surface area contributed by atoms with Crippen LogP contribution in [0.3, 0.4) is 0 Å². The summed E-state index contributed by atoms with van der Waals surface area (Å²) in [6, 6.07) is 15.2. The normalized spacial score (nSPS) is 17.9. The van der Waals surface area contributed by atoms with Crippen molar-refractivity contribution in [1.29, 1.82) is 0 Å². The highest BCUT2D eigenvalue weighted by atomic mass is 32.2. The molecule has 1 saturated heterocycles. The molecule has 224 valence electrons. The first-order valence-corrected chi connectivity index (χ1v) is 14.8. The summed E-state index contributed by atoms with van der Waals surface area (Å²) in [4.78, 5) is 41.2. The van der Waals surface area contributed by atoms with Crippen LogP contribution in [0.4, 0.5) is 4.79 Å². The van der Waals surface area contributed by atoms with Crippen LogP contribution in [-0.2, 0) is 32.0 Å². The first-order chi connectivity index (χ1) is 19.3. The summed E-state index contributed by atoms with van der Waals surface area (Å²) >= 11 is 1.47. The standard InChI is InChI=1S/C31H43N3O6S/c1-21-12-10-11-15-23(21)19-32-27(36)26-31(5,6)41-20-34(26)28(37)25(35)24(18-22-13-8-7-9-14-22)33-29(38)39-16-17-40-30(2,3)4/h7-15,24-26,35H,16-20H2,1-6H3,(H,32,36)(H,33,38). The first-order valence-electron chi connectivity index (χ1n) is 13.8. The molecule has 1 fully saturated rings. The van der Waals surface area contributed by atoms with Gasteiger partial charge >= 0.3 is 6.09 Å². The molecular formula is C31H43N3O6S. The van der Waals surface area contributed by atoms with Crippen molar-refractivity contribution < 1.29 is 29.0 Å². The van der Waals surface area contributed by atoms with Gasteiger partial charge in [0, 0.05) is 11.3 Å². The SMILES string of the molecule is Cc1ccccc1CNC(=O)C1N(C(=O)C(O)C(Cc2ccccc2)NC(=O)OCCOC(C)(C)C)CSC1(C)C. The van der Waals surface area contributed by atoms with Gasteiger partial charge in [-0.3, -0.25) is 9.59 Å². The molecule has 9 nitrogen and oxygen atoms in total. The molecule has 41 heavy (non-hydrogen) atoms. The summed E-state index contributed by atoms with van der Waals surface area (Å²) in [5, 5.41) is 16.9. The van der Waals surface area contributed by atoms with Gasteiger partial charge in [0.1, 0.15) is 12.6 Å². The summed E-state index contributed by atoms with van der Waals surface area (Å²) < 4.78 is 10.3. The Morgan fingerprint density at radius 3 is 2.39 bits per heavy atom. The van der Waals surface area contributed by atoms with Crippen molar-refractivity contribution in [3.63, 3.8) is 0 Å². The lowest BCUT2D eigenvalue weighted by atomic mass is 9.97. The summed E-state index contributed by atoms with van der Waals surface area (Å²) in [6.45, 7) is 12.1. The minimum Gasteiger partial charge on any atom is -0.447 e. The van der Waals surface area contributed by atoms with E-state index in [0.29, 0.717) is 6.54 Å². The van der Waals surface area contributed by atoms with Gasteiger partial charge in [-0.05, 0) is 64.7 Å². The van der Waals surface area contributed by atoms with Gasteiger partial charge in [0.15, 0.2) is 6.10 Å². The lowest BCUT2D eigenvalue weighted by Gasteiger charge is -2.33. The second-order valence-electron chi connectivity index (χ2n) is 11.7. The van der Waals surface area contributed by atoms with Crippen LogP contribution in [0.15, 0.2) is 54.6 Å². The number of benzene rings is 2. The van der Waals surface area contributed by atoms with Crippen molar-refractivity contribution in [2.45, 2.75) is 83.0 Å². The zero-order valence-electron chi connectivity index (χ0n) is 24.8. The van der Waals surface area contributed by atoms with Crippen LogP contribution in [0.1, 0.15) is 51.3 Å². The van der Waals surface area contributed by atoms with Crippen molar-refractivity contribution in [3.05, 3.63) is 71.3 Å². The maximum absolute atomic E-state index is 13.7. The Bertz CT molecular complexity index is 1180. The largest absolute Gasteiger partial charge is 0.447 e. The van der Waals surface area contributed by atoms with Crippen LogP contribution in [0.5, 0.6) is 0 Å². The van der Waals surface area contributed by atoms with Crippen molar-refractivity contribution in [1.82, 2.24) is 15.5 Å². The molecule has 0 spiro atoms. The van der Waals surface area contributed by atoms with E-state index in [0.717, 1.165) is 16.7 Å². The number of amides is 3. The number of aliphatic hydroxyl groups is 1. The number of nitrogens with zero attached hydrogens (tertiary/aromatic N) is 1. The summed E-state index contributed by atoms with van der Waals surface area (Å²) in [5.41, 5.74) is 2.50. The molecule has 3 atom stereocenters. The van der Waals surface area contributed by atoms with E-state index in [4.69, 9.17) is 9.47 Å². The maximum atomic E-state index is 13.7. The smallest absolute Gasteiger partial charge is 0.407 e. The maximum Gasteiger partial charge on any atom is 0.407 e. The van der Waals surface area contributed by atoms with Crippen LogP contribution < -0.4 is 10.6 Å². The van der Waals surface area contributed by atoms with E-state index in [1.54, 1.807) is 0 Å². The Kier molecular flexibility index (Phi) is 11.2. The average molecular weight is 586 g/mol. The molecule has 10 heteroatoms. The number of thioether (sulfide) groups is 1. The number of carbonyl (C=O) groups excluding carboxylic acids is 3. The van der Waals surface area contributed by atoms with Gasteiger partial charge < -0.3 is 30.1 Å².